The van der Waals surface area contributed by atoms with Crippen LogP contribution < -0.4 is 10.4 Å². The highest BCUT2D eigenvalue weighted by atomic mass is 16.1. The summed E-state index contributed by atoms with van der Waals surface area (Å²) in [5.74, 6) is 0.571. The largest absolute Gasteiger partial charge is 0.301 e. The van der Waals surface area contributed by atoms with Crippen LogP contribution in [0.4, 0.5) is 5.82 Å². The molecule has 21 heavy (non-hydrogen) atoms. The molecule has 0 aliphatic carbocycles. The lowest BCUT2D eigenvalue weighted by Crippen LogP contribution is -2.39. The third kappa shape index (κ3) is 2.47. The fraction of sp³-hybridized carbons (Fsp3) is 0.200. The summed E-state index contributed by atoms with van der Waals surface area (Å²) in [6.07, 6.45) is 5.94. The monoisotopic (exact) mass is 279 g/mol. The topological polar surface area (TPSA) is 81.9 Å². The Bertz CT molecular complexity index is 682. The van der Waals surface area contributed by atoms with Gasteiger partial charge >= 0.3 is 0 Å². The number of hydrogen-bond donors (Lipinski definition) is 1. The van der Waals surface area contributed by atoms with Crippen molar-refractivity contribution in [1.29, 1.82) is 5.26 Å². The van der Waals surface area contributed by atoms with E-state index in [2.05, 4.69) is 21.5 Å². The third-order valence-corrected chi connectivity index (χ3v) is 3.57. The molecule has 2 unspecified atom stereocenters. The van der Waals surface area contributed by atoms with Gasteiger partial charge in [-0.2, -0.15) is 5.26 Å². The molecule has 1 saturated heterocycles. The van der Waals surface area contributed by atoms with Gasteiger partial charge in [-0.3, -0.25) is 9.99 Å². The molecule has 0 bridgehead atoms. The van der Waals surface area contributed by atoms with Crippen LogP contribution >= 0.6 is 0 Å². The van der Waals surface area contributed by atoms with E-state index in [1.54, 1.807) is 35.7 Å². The average Bonchev–Trinajstić information content (AvgIpc) is 2.99. The Morgan fingerprint density at radius 2 is 2.33 bits per heavy atom. The Labute approximate surface area is 122 Å². The molecule has 0 spiro atoms. The first-order valence-electron chi connectivity index (χ1n) is 6.57. The number of pyridine rings is 2. The molecular formula is C15H13N5O. The second kappa shape index (κ2) is 5.69. The molecular weight excluding hydrogens is 266 g/mol. The van der Waals surface area contributed by atoms with Gasteiger partial charge in [-0.15, -0.1) is 0 Å². The van der Waals surface area contributed by atoms with Crippen molar-refractivity contribution in [1.82, 2.24) is 15.4 Å². The molecule has 0 amide bonds. The number of hydrogen-bond acceptors (Lipinski definition) is 6. The van der Waals surface area contributed by atoms with Crippen molar-refractivity contribution in [3.05, 3.63) is 54.0 Å². The maximum Gasteiger partial charge on any atom is 0.144 e. The number of nitriles is 1. The summed E-state index contributed by atoms with van der Waals surface area (Å²) in [6.45, 7) is 0.619. The summed E-state index contributed by atoms with van der Waals surface area (Å²) in [7, 11) is 0. The predicted molar refractivity (Wildman–Crippen MR) is 76.3 cm³/mol. The van der Waals surface area contributed by atoms with Crippen molar-refractivity contribution in [3.8, 4) is 6.07 Å². The van der Waals surface area contributed by atoms with E-state index in [1.165, 1.54) is 0 Å². The molecule has 1 fully saturated rings. The Hall–Kier alpha value is -2.78. The van der Waals surface area contributed by atoms with E-state index in [0.29, 0.717) is 17.9 Å². The summed E-state index contributed by atoms with van der Waals surface area (Å²) in [4.78, 5) is 19.9. The minimum atomic E-state index is -0.379. The normalized spacial score (nSPS) is 21.0. The molecule has 0 radical (unpaired) electrons. The molecule has 2 atom stereocenters. The highest BCUT2D eigenvalue weighted by Gasteiger charge is 2.36. The van der Waals surface area contributed by atoms with E-state index in [0.717, 1.165) is 11.8 Å². The average molecular weight is 279 g/mol. The lowest BCUT2D eigenvalue weighted by atomic mass is 9.95. The van der Waals surface area contributed by atoms with Crippen molar-refractivity contribution in [3.63, 3.8) is 0 Å². The van der Waals surface area contributed by atoms with Gasteiger partial charge in [0.15, 0.2) is 0 Å². The molecule has 3 heterocycles. The number of carbonyl (C=O) groups excluding carboxylic acids is 1. The summed E-state index contributed by atoms with van der Waals surface area (Å²) in [5.41, 5.74) is 4.69. The van der Waals surface area contributed by atoms with E-state index < -0.39 is 0 Å². The van der Waals surface area contributed by atoms with Gasteiger partial charge in [0.25, 0.3) is 0 Å². The van der Waals surface area contributed by atoms with Crippen molar-refractivity contribution >= 4 is 12.1 Å². The first-order chi connectivity index (χ1) is 10.3. The van der Waals surface area contributed by atoms with Crippen LogP contribution in [0.5, 0.6) is 0 Å². The maximum absolute atomic E-state index is 11.5. The SMILES string of the molecule is N#Cc1ccnc(N2NCC(c3cccnc3)C2C=O)c1. The molecule has 6 nitrogen and oxygen atoms in total. The van der Waals surface area contributed by atoms with Gasteiger partial charge < -0.3 is 4.79 Å². The molecule has 6 heteroatoms. The number of aldehydes is 1. The molecule has 0 saturated carbocycles. The van der Waals surface area contributed by atoms with Crippen molar-refractivity contribution in [2.24, 2.45) is 0 Å². The van der Waals surface area contributed by atoms with Crippen LogP contribution in [0.3, 0.4) is 0 Å². The van der Waals surface area contributed by atoms with Gasteiger partial charge in [0.05, 0.1) is 11.6 Å². The molecule has 1 aliphatic rings. The first-order valence-corrected chi connectivity index (χ1v) is 6.57. The van der Waals surface area contributed by atoms with Crippen molar-refractivity contribution < 1.29 is 4.79 Å². The van der Waals surface area contributed by atoms with Crippen LogP contribution in [0.1, 0.15) is 17.0 Å². The summed E-state index contributed by atoms with van der Waals surface area (Å²) in [6, 6.07) is 8.80. The molecule has 1 N–H and O–H groups in total. The Balaban J connectivity index is 1.91. The zero-order chi connectivity index (χ0) is 14.7. The Kier molecular flexibility index (Phi) is 3.58. The molecule has 0 aromatic carbocycles. The summed E-state index contributed by atoms with van der Waals surface area (Å²) < 4.78 is 0. The minimum absolute atomic E-state index is 0.00346. The smallest absolute Gasteiger partial charge is 0.144 e. The Morgan fingerprint density at radius 1 is 1.43 bits per heavy atom. The van der Waals surface area contributed by atoms with E-state index in [9.17, 15) is 4.79 Å². The highest BCUT2D eigenvalue weighted by molar-refractivity contribution is 5.68. The number of nitrogens with one attached hydrogen (secondary N) is 1. The lowest BCUT2D eigenvalue weighted by molar-refractivity contribution is -0.109. The van der Waals surface area contributed by atoms with E-state index in [1.807, 2.05) is 12.1 Å². The fourth-order valence-electron chi connectivity index (χ4n) is 2.52. The van der Waals surface area contributed by atoms with Crippen LogP contribution in [0.2, 0.25) is 0 Å². The first kappa shape index (κ1) is 13.2. The van der Waals surface area contributed by atoms with Gasteiger partial charge in [-0.1, -0.05) is 6.07 Å². The van der Waals surface area contributed by atoms with Gasteiger partial charge in [0.2, 0.25) is 0 Å². The van der Waals surface area contributed by atoms with E-state index in [4.69, 9.17) is 5.26 Å². The number of anilines is 1. The second-order valence-corrected chi connectivity index (χ2v) is 4.77. The van der Waals surface area contributed by atoms with Crippen LogP contribution in [0, 0.1) is 11.3 Å². The maximum atomic E-state index is 11.5. The number of hydrazine groups is 1. The molecule has 2 aromatic heterocycles. The van der Waals surface area contributed by atoms with Gasteiger partial charge in [-0.05, 0) is 23.8 Å². The van der Waals surface area contributed by atoms with E-state index >= 15 is 0 Å². The molecule has 3 rings (SSSR count). The zero-order valence-electron chi connectivity index (χ0n) is 11.2. The predicted octanol–water partition coefficient (Wildman–Crippen LogP) is 1.02. The number of carbonyl (C=O) groups is 1. The van der Waals surface area contributed by atoms with Gasteiger partial charge in [-0.25, -0.2) is 10.4 Å². The molecule has 1 aliphatic heterocycles. The number of aromatic nitrogens is 2. The van der Waals surface area contributed by atoms with Crippen LogP contribution in [0.15, 0.2) is 42.9 Å². The van der Waals surface area contributed by atoms with E-state index in [-0.39, 0.29) is 12.0 Å². The third-order valence-electron chi connectivity index (χ3n) is 3.57. The molecule has 2 aromatic rings. The lowest BCUT2D eigenvalue weighted by Gasteiger charge is -2.23. The summed E-state index contributed by atoms with van der Waals surface area (Å²) >= 11 is 0. The minimum Gasteiger partial charge on any atom is -0.301 e. The van der Waals surface area contributed by atoms with Gasteiger partial charge in [0, 0.05) is 31.1 Å². The van der Waals surface area contributed by atoms with Crippen LogP contribution in [-0.4, -0.2) is 28.8 Å². The molecule has 104 valence electrons. The van der Waals surface area contributed by atoms with Crippen LogP contribution in [-0.2, 0) is 4.79 Å². The standard InChI is InChI=1S/C15H13N5O/c16-7-11-3-5-18-15(6-11)20-14(10-21)13(9-19-20)12-2-1-4-17-8-12/h1-6,8,10,13-14,19H,9H2. The summed E-state index contributed by atoms with van der Waals surface area (Å²) in [5, 5.41) is 10.7. The second-order valence-electron chi connectivity index (χ2n) is 4.77. The van der Waals surface area contributed by atoms with Crippen LogP contribution in [0.25, 0.3) is 0 Å². The van der Waals surface area contributed by atoms with Crippen molar-refractivity contribution in [2.75, 3.05) is 11.6 Å². The number of nitrogens with zero attached hydrogens (tertiary/aromatic N) is 4. The quantitative estimate of drug-likeness (QED) is 0.845. The fourth-order valence-corrected chi connectivity index (χ4v) is 2.52. The van der Waals surface area contributed by atoms with Crippen molar-refractivity contribution in [2.45, 2.75) is 12.0 Å². The number of rotatable bonds is 3. The van der Waals surface area contributed by atoms with Gasteiger partial charge in [0.1, 0.15) is 18.1 Å². The zero-order valence-corrected chi connectivity index (χ0v) is 11.2. The highest BCUT2D eigenvalue weighted by Crippen LogP contribution is 2.28. The Morgan fingerprint density at radius 3 is 3.05 bits per heavy atom.